The first kappa shape index (κ1) is 26.3. The van der Waals surface area contributed by atoms with Gasteiger partial charge in [-0.3, -0.25) is 4.98 Å². The van der Waals surface area contributed by atoms with E-state index in [0.29, 0.717) is 40.8 Å². The van der Waals surface area contributed by atoms with E-state index >= 15 is 8.78 Å². The zero-order valence-corrected chi connectivity index (χ0v) is 21.8. The van der Waals surface area contributed by atoms with Gasteiger partial charge in [0.15, 0.2) is 15.0 Å². The summed E-state index contributed by atoms with van der Waals surface area (Å²) in [6.45, 7) is 2.96. The number of pyridine rings is 1. The second-order valence-electron chi connectivity index (χ2n) is 8.93. The molecule has 0 aliphatic carbocycles. The van der Waals surface area contributed by atoms with Crippen LogP contribution in [0, 0.1) is 23.3 Å². The Morgan fingerprint density at radius 3 is 2.32 bits per heavy atom. The number of likely N-dealkylation sites (N-methyl/N-ethyl adjacent to an activating group) is 1. The molecule has 0 unspecified atom stereocenters. The summed E-state index contributed by atoms with van der Waals surface area (Å²) < 4.78 is 84.7. The Kier molecular flexibility index (Phi) is 7.21. The molecule has 5 rings (SSSR count). The molecule has 198 valence electrons. The summed E-state index contributed by atoms with van der Waals surface area (Å²) >= 11 is 1.28. The highest BCUT2D eigenvalue weighted by Gasteiger charge is 2.28. The van der Waals surface area contributed by atoms with Crippen molar-refractivity contribution in [2.45, 2.75) is 10.6 Å². The van der Waals surface area contributed by atoms with Crippen molar-refractivity contribution in [2.24, 2.45) is 0 Å². The third kappa shape index (κ3) is 5.16. The fourth-order valence-electron chi connectivity index (χ4n) is 4.23. The summed E-state index contributed by atoms with van der Waals surface area (Å²) in [6.07, 6.45) is 3.11. The molecule has 2 aromatic heterocycles. The molecule has 0 amide bonds. The number of benzene rings is 2. The number of thiazole rings is 1. The van der Waals surface area contributed by atoms with Gasteiger partial charge in [0.25, 0.3) is 0 Å². The Balaban J connectivity index is 1.61. The van der Waals surface area contributed by atoms with E-state index in [9.17, 15) is 17.2 Å². The Bertz CT molecular complexity index is 1590. The lowest BCUT2D eigenvalue weighted by molar-refractivity contribution is 0.313. The number of sulfone groups is 1. The van der Waals surface area contributed by atoms with Crippen molar-refractivity contribution in [1.29, 1.82) is 0 Å². The van der Waals surface area contributed by atoms with Crippen molar-refractivity contribution in [1.82, 2.24) is 14.9 Å². The number of piperazine rings is 1. The van der Waals surface area contributed by atoms with E-state index in [0.717, 1.165) is 31.3 Å². The number of anilines is 1. The normalized spacial score (nSPS) is 14.7. The van der Waals surface area contributed by atoms with Crippen LogP contribution in [0.25, 0.3) is 21.7 Å². The summed E-state index contributed by atoms with van der Waals surface area (Å²) in [7, 11) is -2.49. The Morgan fingerprint density at radius 1 is 0.921 bits per heavy atom. The average Bonchev–Trinajstić information content (AvgIpc) is 3.33. The van der Waals surface area contributed by atoms with Gasteiger partial charge in [0.2, 0.25) is 0 Å². The molecule has 6 nitrogen and oxygen atoms in total. The van der Waals surface area contributed by atoms with Crippen LogP contribution in [0.1, 0.15) is 5.56 Å². The van der Waals surface area contributed by atoms with Crippen LogP contribution >= 0.6 is 11.3 Å². The summed E-state index contributed by atoms with van der Waals surface area (Å²) in [6, 6.07) is 7.34. The van der Waals surface area contributed by atoms with Gasteiger partial charge in [-0.25, -0.2) is 31.0 Å². The van der Waals surface area contributed by atoms with Crippen LogP contribution < -0.4 is 4.90 Å². The lowest BCUT2D eigenvalue weighted by Crippen LogP contribution is -2.44. The summed E-state index contributed by atoms with van der Waals surface area (Å²) in [5, 5.41) is 0.582. The first-order valence-corrected chi connectivity index (χ1v) is 14.1. The van der Waals surface area contributed by atoms with Gasteiger partial charge in [-0.1, -0.05) is 17.4 Å². The average molecular weight is 563 g/mol. The Morgan fingerprint density at radius 2 is 1.61 bits per heavy atom. The molecule has 38 heavy (non-hydrogen) atoms. The Labute approximate surface area is 221 Å². The van der Waals surface area contributed by atoms with Gasteiger partial charge in [-0.15, -0.1) is 0 Å². The monoisotopic (exact) mass is 562 g/mol. The molecule has 12 heteroatoms. The van der Waals surface area contributed by atoms with E-state index in [4.69, 9.17) is 0 Å². The highest BCUT2D eigenvalue weighted by atomic mass is 32.2. The molecule has 0 atom stereocenters. The molecule has 1 saturated heterocycles. The molecule has 3 heterocycles. The largest absolute Gasteiger partial charge is 0.345 e. The van der Waals surface area contributed by atoms with Gasteiger partial charge < -0.3 is 9.80 Å². The number of hydrogen-bond acceptors (Lipinski definition) is 7. The maximum absolute atomic E-state index is 15.9. The number of rotatable bonds is 6. The van der Waals surface area contributed by atoms with Gasteiger partial charge in [0.05, 0.1) is 21.9 Å². The maximum Gasteiger partial charge on any atom is 0.186 e. The molecular weight excluding hydrogens is 540 g/mol. The van der Waals surface area contributed by atoms with Crippen LogP contribution in [-0.4, -0.2) is 56.5 Å². The van der Waals surface area contributed by atoms with Gasteiger partial charge in [-0.2, -0.15) is 0 Å². The van der Waals surface area contributed by atoms with Crippen LogP contribution in [-0.2, 0) is 15.6 Å². The number of nitrogens with zero attached hydrogens (tertiary/aromatic N) is 4. The zero-order valence-electron chi connectivity index (χ0n) is 20.2. The molecule has 0 radical (unpaired) electrons. The highest BCUT2D eigenvalue weighted by molar-refractivity contribution is 7.90. The van der Waals surface area contributed by atoms with Crippen LogP contribution in [0.5, 0.6) is 0 Å². The van der Waals surface area contributed by atoms with Crippen molar-refractivity contribution < 1.29 is 26.0 Å². The van der Waals surface area contributed by atoms with E-state index < -0.39 is 49.3 Å². The standard InChI is InChI=1S/C26H22F4N4O2S2/c1-33-10-12-34(13-11-33)26-32-24(25(37-26)16-6-8-31-9-7-16)22-20(29)4-2-17(23(22)30)15-38(35,36)21-14-18(27)3-5-19(21)28/h2-9,14H,10-13,15H2,1H3. The van der Waals surface area contributed by atoms with Crippen molar-refractivity contribution in [3.63, 3.8) is 0 Å². The fraction of sp³-hybridized carbons (Fsp3) is 0.231. The first-order chi connectivity index (χ1) is 18.1. The van der Waals surface area contributed by atoms with Gasteiger partial charge in [-0.05, 0) is 49.0 Å². The van der Waals surface area contributed by atoms with E-state index in [-0.39, 0.29) is 11.3 Å². The van der Waals surface area contributed by atoms with E-state index in [1.54, 1.807) is 24.5 Å². The van der Waals surface area contributed by atoms with E-state index in [1.165, 1.54) is 11.3 Å². The van der Waals surface area contributed by atoms with Crippen molar-refractivity contribution in [3.8, 4) is 21.7 Å². The predicted octanol–water partition coefficient (Wildman–Crippen LogP) is 5.15. The molecule has 0 N–H and O–H groups in total. The minimum Gasteiger partial charge on any atom is -0.345 e. The lowest BCUT2D eigenvalue weighted by Gasteiger charge is -2.32. The second kappa shape index (κ2) is 10.4. The third-order valence-corrected chi connectivity index (χ3v) is 9.15. The highest BCUT2D eigenvalue weighted by Crippen LogP contribution is 2.43. The fourth-order valence-corrected chi connectivity index (χ4v) is 6.81. The van der Waals surface area contributed by atoms with Gasteiger partial charge >= 0.3 is 0 Å². The topological polar surface area (TPSA) is 66.4 Å². The smallest absolute Gasteiger partial charge is 0.186 e. The quantitative estimate of drug-likeness (QED) is 0.303. The zero-order chi connectivity index (χ0) is 27.0. The molecule has 2 aromatic carbocycles. The molecule has 1 aliphatic rings. The number of halogens is 4. The van der Waals surface area contributed by atoms with Crippen LogP contribution in [0.4, 0.5) is 22.7 Å². The molecule has 1 aliphatic heterocycles. The van der Waals surface area contributed by atoms with Crippen LogP contribution in [0.3, 0.4) is 0 Å². The molecule has 0 spiro atoms. The first-order valence-electron chi connectivity index (χ1n) is 11.6. The minimum atomic E-state index is -4.50. The maximum atomic E-state index is 15.9. The SMILES string of the molecule is CN1CCN(c2nc(-c3c(F)ccc(CS(=O)(=O)c4cc(F)ccc4F)c3F)c(-c3ccncc3)s2)CC1. The lowest BCUT2D eigenvalue weighted by atomic mass is 10.0. The Hall–Kier alpha value is -3.35. The summed E-state index contributed by atoms with van der Waals surface area (Å²) in [5.41, 5.74) is -0.200. The van der Waals surface area contributed by atoms with Crippen molar-refractivity contribution in [3.05, 3.63) is 83.7 Å². The molecule has 4 aromatic rings. The van der Waals surface area contributed by atoms with Gasteiger partial charge in [0, 0.05) is 44.1 Å². The van der Waals surface area contributed by atoms with Crippen LogP contribution in [0.2, 0.25) is 0 Å². The predicted molar refractivity (Wildman–Crippen MR) is 138 cm³/mol. The third-order valence-electron chi connectivity index (χ3n) is 6.31. The number of aromatic nitrogens is 2. The number of hydrogen-bond donors (Lipinski definition) is 0. The molecular formula is C26H22F4N4O2S2. The molecule has 1 fully saturated rings. The van der Waals surface area contributed by atoms with Crippen molar-refractivity contribution >= 4 is 26.3 Å². The van der Waals surface area contributed by atoms with E-state index in [2.05, 4.69) is 14.9 Å². The summed E-state index contributed by atoms with van der Waals surface area (Å²) in [5.74, 6) is -5.16. The van der Waals surface area contributed by atoms with Gasteiger partial charge in [0.1, 0.15) is 28.2 Å². The second-order valence-corrected chi connectivity index (χ2v) is 11.9. The molecule has 0 saturated carbocycles. The van der Waals surface area contributed by atoms with E-state index in [1.807, 2.05) is 11.9 Å². The minimum absolute atomic E-state index is 0.0290. The van der Waals surface area contributed by atoms with Crippen molar-refractivity contribution in [2.75, 3.05) is 38.1 Å². The molecule has 0 bridgehead atoms. The van der Waals surface area contributed by atoms with Crippen LogP contribution in [0.15, 0.2) is 59.8 Å². The summed E-state index contributed by atoms with van der Waals surface area (Å²) in [4.78, 5) is 12.4.